The van der Waals surface area contributed by atoms with Crippen LogP contribution in [0, 0.1) is 25.2 Å². The van der Waals surface area contributed by atoms with Crippen molar-refractivity contribution in [3.05, 3.63) is 64.7 Å². The van der Waals surface area contributed by atoms with E-state index in [1.54, 1.807) is 24.5 Å². The van der Waals surface area contributed by atoms with E-state index in [0.717, 1.165) is 11.4 Å². The van der Waals surface area contributed by atoms with Gasteiger partial charge in [-0.2, -0.15) is 5.26 Å². The third-order valence-corrected chi connectivity index (χ3v) is 4.32. The number of thiazole rings is 1. The third-order valence-electron chi connectivity index (χ3n) is 3.24. The summed E-state index contributed by atoms with van der Waals surface area (Å²) in [6, 6.07) is 13.5. The van der Waals surface area contributed by atoms with Gasteiger partial charge in [0.25, 0.3) is 0 Å². The molecule has 2 aromatic heterocycles. The van der Waals surface area contributed by atoms with Crippen LogP contribution in [0.5, 0.6) is 0 Å². The number of nitriles is 1. The number of hydrogen-bond donors (Lipinski definition) is 0. The number of allylic oxidation sites excluding steroid dienone is 1. The van der Waals surface area contributed by atoms with Gasteiger partial charge in [0, 0.05) is 6.08 Å². The summed E-state index contributed by atoms with van der Waals surface area (Å²) in [6.45, 7) is 3.88. The molecule has 0 saturated heterocycles. The Labute approximate surface area is 143 Å². The first-order valence-electron chi connectivity index (χ1n) is 7.27. The highest BCUT2D eigenvalue weighted by atomic mass is 32.1. The minimum absolute atomic E-state index is 0.440. The fourth-order valence-corrected chi connectivity index (χ4v) is 2.82. The van der Waals surface area contributed by atoms with Gasteiger partial charge in [0.15, 0.2) is 5.00 Å². The lowest BCUT2D eigenvalue weighted by Gasteiger charge is -1.93. The number of furan rings is 1. The number of azo groups is 1. The summed E-state index contributed by atoms with van der Waals surface area (Å²) in [4.78, 5) is 4.42. The van der Waals surface area contributed by atoms with Crippen molar-refractivity contribution in [2.45, 2.75) is 13.8 Å². The zero-order valence-corrected chi connectivity index (χ0v) is 14.0. The summed E-state index contributed by atoms with van der Waals surface area (Å²) in [5.41, 5.74) is 3.13. The first-order chi connectivity index (χ1) is 11.7. The topological polar surface area (TPSA) is 74.5 Å². The average molecular weight is 334 g/mol. The van der Waals surface area contributed by atoms with Crippen molar-refractivity contribution in [3.63, 3.8) is 0 Å². The lowest BCUT2D eigenvalue weighted by molar-refractivity contribution is 0.557. The Morgan fingerprint density at radius 2 is 2.00 bits per heavy atom. The van der Waals surface area contributed by atoms with Gasteiger partial charge in [0.2, 0.25) is 0 Å². The third kappa shape index (κ3) is 3.65. The molecule has 5 nitrogen and oxygen atoms in total. The van der Waals surface area contributed by atoms with Crippen LogP contribution < -0.4 is 0 Å². The van der Waals surface area contributed by atoms with Crippen LogP contribution in [-0.2, 0) is 0 Å². The van der Waals surface area contributed by atoms with E-state index in [0.29, 0.717) is 21.3 Å². The standard InChI is InChI=1S/C18H14N4OS/c1-12-5-7-15(8-6-12)21-22-17-13(2)20-18(24-17)14(11-19)10-16-4-3-9-23-16/h3-10H,1-2H3/b14-10-,22-21?. The lowest BCUT2D eigenvalue weighted by atomic mass is 10.2. The number of aryl methyl sites for hydroxylation is 2. The van der Waals surface area contributed by atoms with Crippen LogP contribution in [0.25, 0.3) is 11.6 Å². The minimum atomic E-state index is 0.440. The molecule has 3 rings (SSSR count). The second-order valence-electron chi connectivity index (χ2n) is 5.13. The van der Waals surface area contributed by atoms with E-state index in [1.807, 2.05) is 38.1 Å². The summed E-state index contributed by atoms with van der Waals surface area (Å²) in [5, 5.41) is 19.1. The summed E-state index contributed by atoms with van der Waals surface area (Å²) in [7, 11) is 0. The van der Waals surface area contributed by atoms with Crippen LogP contribution in [-0.4, -0.2) is 4.98 Å². The summed E-state index contributed by atoms with van der Waals surface area (Å²) >= 11 is 1.33. The highest BCUT2D eigenvalue weighted by molar-refractivity contribution is 7.16. The summed E-state index contributed by atoms with van der Waals surface area (Å²) in [5.74, 6) is 0.613. The van der Waals surface area contributed by atoms with Crippen molar-refractivity contribution in [1.29, 1.82) is 5.26 Å². The molecule has 2 heterocycles. The molecule has 6 heteroatoms. The summed E-state index contributed by atoms with van der Waals surface area (Å²) < 4.78 is 5.25. The first-order valence-corrected chi connectivity index (χ1v) is 8.09. The Hall–Kier alpha value is -3.04. The predicted molar refractivity (Wildman–Crippen MR) is 94.4 cm³/mol. The predicted octanol–water partition coefficient (Wildman–Crippen LogP) is 5.83. The van der Waals surface area contributed by atoms with Gasteiger partial charge < -0.3 is 4.42 Å². The number of benzene rings is 1. The van der Waals surface area contributed by atoms with Gasteiger partial charge in [-0.1, -0.05) is 29.0 Å². The van der Waals surface area contributed by atoms with Crippen molar-refractivity contribution >= 4 is 33.7 Å². The van der Waals surface area contributed by atoms with Crippen molar-refractivity contribution in [2.75, 3.05) is 0 Å². The molecule has 0 aliphatic carbocycles. The molecule has 1 aromatic carbocycles. The quantitative estimate of drug-likeness (QED) is 0.445. The molecule has 0 N–H and O–H groups in total. The van der Waals surface area contributed by atoms with Crippen LogP contribution in [0.1, 0.15) is 22.0 Å². The second-order valence-corrected chi connectivity index (χ2v) is 6.11. The Kier molecular flexibility index (Phi) is 4.64. The van der Waals surface area contributed by atoms with Crippen LogP contribution in [0.4, 0.5) is 10.7 Å². The molecule has 0 atom stereocenters. The normalized spacial score (nSPS) is 11.8. The highest BCUT2D eigenvalue weighted by Crippen LogP contribution is 2.33. The van der Waals surface area contributed by atoms with Crippen molar-refractivity contribution in [2.24, 2.45) is 10.2 Å². The molecule has 0 aliphatic heterocycles. The molecule has 3 aromatic rings. The van der Waals surface area contributed by atoms with Gasteiger partial charge >= 0.3 is 0 Å². The lowest BCUT2D eigenvalue weighted by Crippen LogP contribution is -1.80. The van der Waals surface area contributed by atoms with Gasteiger partial charge in [-0.05, 0) is 38.1 Å². The second kappa shape index (κ2) is 7.02. The highest BCUT2D eigenvalue weighted by Gasteiger charge is 2.12. The van der Waals surface area contributed by atoms with E-state index >= 15 is 0 Å². The maximum absolute atomic E-state index is 9.36. The van der Waals surface area contributed by atoms with E-state index in [4.69, 9.17) is 4.42 Å². The zero-order chi connectivity index (χ0) is 16.9. The fourth-order valence-electron chi connectivity index (χ4n) is 1.97. The Morgan fingerprint density at radius 3 is 2.67 bits per heavy atom. The van der Waals surface area contributed by atoms with Crippen molar-refractivity contribution in [3.8, 4) is 6.07 Å². The number of hydrogen-bond acceptors (Lipinski definition) is 6. The number of rotatable bonds is 4. The van der Waals surface area contributed by atoms with E-state index in [-0.39, 0.29) is 0 Å². The smallest absolute Gasteiger partial charge is 0.162 e. The van der Waals surface area contributed by atoms with Crippen molar-refractivity contribution < 1.29 is 4.42 Å². The van der Waals surface area contributed by atoms with Gasteiger partial charge in [-0.15, -0.1) is 10.2 Å². The van der Waals surface area contributed by atoms with Gasteiger partial charge in [0.05, 0.1) is 23.2 Å². The Balaban J connectivity index is 1.87. The van der Waals surface area contributed by atoms with Crippen LogP contribution in [0.2, 0.25) is 0 Å². The molecule has 0 bridgehead atoms. The monoisotopic (exact) mass is 334 g/mol. The van der Waals surface area contributed by atoms with Crippen LogP contribution >= 0.6 is 11.3 Å². The molecular formula is C18H14N4OS. The van der Waals surface area contributed by atoms with Crippen LogP contribution in [0.15, 0.2) is 57.3 Å². The SMILES string of the molecule is Cc1ccc(N=Nc2sc(/C(C#N)=C\c3ccco3)nc2C)cc1. The molecule has 0 aliphatic rings. The Morgan fingerprint density at radius 1 is 1.21 bits per heavy atom. The molecule has 0 saturated carbocycles. The van der Waals surface area contributed by atoms with Crippen molar-refractivity contribution in [1.82, 2.24) is 4.98 Å². The number of aromatic nitrogens is 1. The molecular weight excluding hydrogens is 320 g/mol. The fraction of sp³-hybridized carbons (Fsp3) is 0.111. The molecule has 0 radical (unpaired) electrons. The maximum atomic E-state index is 9.36. The maximum Gasteiger partial charge on any atom is 0.162 e. The van der Waals surface area contributed by atoms with Gasteiger partial charge in [0.1, 0.15) is 16.8 Å². The Bertz CT molecular complexity index is 929. The minimum Gasteiger partial charge on any atom is -0.465 e. The molecule has 0 amide bonds. The van der Waals surface area contributed by atoms with Crippen LogP contribution in [0.3, 0.4) is 0 Å². The first kappa shape index (κ1) is 15.8. The molecule has 118 valence electrons. The van der Waals surface area contributed by atoms with E-state index in [1.165, 1.54) is 16.9 Å². The summed E-state index contributed by atoms with van der Waals surface area (Å²) in [6.07, 6.45) is 3.23. The van der Waals surface area contributed by atoms with E-state index < -0.39 is 0 Å². The number of nitrogens with zero attached hydrogens (tertiary/aromatic N) is 4. The molecule has 0 unspecified atom stereocenters. The molecule has 0 spiro atoms. The average Bonchev–Trinajstić information content (AvgIpc) is 3.22. The largest absolute Gasteiger partial charge is 0.465 e. The zero-order valence-electron chi connectivity index (χ0n) is 13.2. The molecule has 0 fully saturated rings. The van der Waals surface area contributed by atoms with Gasteiger partial charge in [-0.25, -0.2) is 4.98 Å². The van der Waals surface area contributed by atoms with E-state index in [9.17, 15) is 5.26 Å². The molecule has 24 heavy (non-hydrogen) atoms. The van der Waals surface area contributed by atoms with Gasteiger partial charge in [-0.3, -0.25) is 0 Å². The van der Waals surface area contributed by atoms with E-state index in [2.05, 4.69) is 21.3 Å².